The largest absolute Gasteiger partial charge is 0.295 e. The molecule has 33 heavy (non-hydrogen) atoms. The summed E-state index contributed by atoms with van der Waals surface area (Å²) in [7, 11) is 0. The molecule has 0 aliphatic rings. The van der Waals surface area contributed by atoms with E-state index in [-0.39, 0.29) is 5.91 Å². The number of aromatic nitrogens is 4. The highest BCUT2D eigenvalue weighted by molar-refractivity contribution is 8.00. The van der Waals surface area contributed by atoms with Gasteiger partial charge in [0.1, 0.15) is 5.69 Å². The van der Waals surface area contributed by atoms with Crippen LogP contribution in [0.15, 0.2) is 101 Å². The number of carbonyl (C=O) groups is 1. The standard InChI is InChI=1S/C25H19N5OS2/c31-23(26-24-27-28-25(33-24)32-17-18-10-4-1-5-11-18)22-16-21(19-12-6-2-7-13-19)29-30(22)20-14-8-3-9-15-20/h1-16H,17H2,(H,26,27,31). The molecule has 0 spiro atoms. The first-order valence-electron chi connectivity index (χ1n) is 10.3. The first-order valence-corrected chi connectivity index (χ1v) is 12.1. The van der Waals surface area contributed by atoms with Gasteiger partial charge in [-0.15, -0.1) is 10.2 Å². The maximum Gasteiger partial charge on any atom is 0.276 e. The third-order valence-electron chi connectivity index (χ3n) is 4.84. The van der Waals surface area contributed by atoms with Crippen molar-refractivity contribution in [1.29, 1.82) is 0 Å². The molecule has 0 aliphatic heterocycles. The molecule has 0 atom stereocenters. The summed E-state index contributed by atoms with van der Waals surface area (Å²) < 4.78 is 2.46. The molecule has 0 aliphatic carbocycles. The number of thioether (sulfide) groups is 1. The average molecular weight is 470 g/mol. The molecule has 0 saturated heterocycles. The number of hydrogen-bond donors (Lipinski definition) is 1. The van der Waals surface area contributed by atoms with E-state index in [1.54, 1.807) is 22.5 Å². The average Bonchev–Trinajstić information content (AvgIpc) is 3.52. The van der Waals surface area contributed by atoms with Crippen molar-refractivity contribution < 1.29 is 4.79 Å². The fourth-order valence-corrected chi connectivity index (χ4v) is 4.96. The number of anilines is 1. The van der Waals surface area contributed by atoms with Gasteiger partial charge in [-0.1, -0.05) is 102 Å². The number of hydrogen-bond acceptors (Lipinski definition) is 6. The minimum atomic E-state index is -0.288. The lowest BCUT2D eigenvalue weighted by atomic mass is 10.1. The summed E-state index contributed by atoms with van der Waals surface area (Å²) >= 11 is 2.95. The molecule has 0 bridgehead atoms. The molecule has 2 heterocycles. The molecular formula is C25H19N5OS2. The van der Waals surface area contributed by atoms with Gasteiger partial charge in [0.05, 0.1) is 11.4 Å². The van der Waals surface area contributed by atoms with Gasteiger partial charge in [0.15, 0.2) is 4.34 Å². The highest BCUT2D eigenvalue weighted by Crippen LogP contribution is 2.29. The quantitative estimate of drug-likeness (QED) is 0.236. The highest BCUT2D eigenvalue weighted by atomic mass is 32.2. The number of amides is 1. The van der Waals surface area contributed by atoms with Gasteiger partial charge >= 0.3 is 0 Å². The smallest absolute Gasteiger partial charge is 0.276 e. The SMILES string of the molecule is O=C(Nc1nnc(SCc2ccccc2)s1)c1cc(-c2ccccc2)nn1-c1ccccc1. The van der Waals surface area contributed by atoms with Crippen LogP contribution in [0.25, 0.3) is 16.9 Å². The Hall–Kier alpha value is -3.75. The normalized spacial score (nSPS) is 10.8. The molecule has 6 nitrogen and oxygen atoms in total. The minimum absolute atomic E-state index is 0.288. The van der Waals surface area contributed by atoms with Crippen LogP contribution in [0, 0.1) is 0 Å². The highest BCUT2D eigenvalue weighted by Gasteiger charge is 2.19. The Morgan fingerprint density at radius 3 is 2.27 bits per heavy atom. The Labute approximate surface area is 199 Å². The summed E-state index contributed by atoms with van der Waals surface area (Å²) in [6, 6.07) is 31.4. The zero-order chi connectivity index (χ0) is 22.5. The Morgan fingerprint density at radius 2 is 1.55 bits per heavy atom. The number of nitrogens with one attached hydrogen (secondary N) is 1. The van der Waals surface area contributed by atoms with Crippen LogP contribution in [0.2, 0.25) is 0 Å². The monoisotopic (exact) mass is 469 g/mol. The van der Waals surface area contributed by atoms with Crippen LogP contribution in [0.5, 0.6) is 0 Å². The lowest BCUT2D eigenvalue weighted by molar-refractivity contribution is 0.101. The van der Waals surface area contributed by atoms with Crippen LogP contribution in [0.4, 0.5) is 5.13 Å². The number of rotatable bonds is 7. The molecule has 8 heteroatoms. The van der Waals surface area contributed by atoms with Crippen molar-refractivity contribution in [3.63, 3.8) is 0 Å². The predicted molar refractivity (Wildman–Crippen MR) is 133 cm³/mol. The Morgan fingerprint density at radius 1 is 0.879 bits per heavy atom. The number of carbonyl (C=O) groups excluding carboxylic acids is 1. The molecule has 0 radical (unpaired) electrons. The summed E-state index contributed by atoms with van der Waals surface area (Å²) in [4.78, 5) is 13.2. The van der Waals surface area contributed by atoms with Crippen molar-refractivity contribution in [2.45, 2.75) is 10.1 Å². The molecule has 0 unspecified atom stereocenters. The summed E-state index contributed by atoms with van der Waals surface area (Å²) in [5.41, 5.74) is 4.11. The molecule has 3 aromatic carbocycles. The van der Waals surface area contributed by atoms with Crippen molar-refractivity contribution in [3.8, 4) is 16.9 Å². The van der Waals surface area contributed by atoms with E-state index >= 15 is 0 Å². The number of benzene rings is 3. The Bertz CT molecular complexity index is 1350. The molecule has 5 rings (SSSR count). The maximum atomic E-state index is 13.2. The third-order valence-corrected chi connectivity index (χ3v) is 6.89. The Balaban J connectivity index is 1.37. The van der Waals surface area contributed by atoms with Crippen molar-refractivity contribution in [1.82, 2.24) is 20.0 Å². The van der Waals surface area contributed by atoms with Crippen LogP contribution in [-0.2, 0) is 5.75 Å². The summed E-state index contributed by atoms with van der Waals surface area (Å²) in [6.45, 7) is 0. The van der Waals surface area contributed by atoms with E-state index in [4.69, 9.17) is 5.10 Å². The fourth-order valence-electron chi connectivity index (χ4n) is 3.26. The van der Waals surface area contributed by atoms with Gasteiger partial charge < -0.3 is 0 Å². The minimum Gasteiger partial charge on any atom is -0.295 e. The zero-order valence-corrected chi connectivity index (χ0v) is 19.1. The summed E-state index contributed by atoms with van der Waals surface area (Å²) in [6.07, 6.45) is 0. The fraction of sp³-hybridized carbons (Fsp3) is 0.0400. The van der Waals surface area contributed by atoms with E-state index in [1.807, 2.05) is 78.9 Å². The summed E-state index contributed by atoms with van der Waals surface area (Å²) in [5.74, 6) is 0.509. The molecule has 1 amide bonds. The second-order valence-electron chi connectivity index (χ2n) is 7.13. The van der Waals surface area contributed by atoms with Crippen molar-refractivity contribution >= 4 is 34.1 Å². The number of nitrogens with zero attached hydrogens (tertiary/aromatic N) is 4. The number of para-hydroxylation sites is 1. The lowest BCUT2D eigenvalue weighted by Crippen LogP contribution is -2.16. The molecule has 1 N–H and O–H groups in total. The van der Waals surface area contributed by atoms with Crippen LogP contribution < -0.4 is 5.32 Å². The second-order valence-corrected chi connectivity index (χ2v) is 9.33. The van der Waals surface area contributed by atoms with Gasteiger partial charge in [-0.25, -0.2) is 4.68 Å². The molecule has 0 saturated carbocycles. The van der Waals surface area contributed by atoms with E-state index in [2.05, 4.69) is 27.6 Å². The van der Waals surface area contributed by atoms with Gasteiger partial charge in [-0.05, 0) is 23.8 Å². The van der Waals surface area contributed by atoms with Gasteiger partial charge in [-0.2, -0.15) is 5.10 Å². The lowest BCUT2D eigenvalue weighted by Gasteiger charge is -2.06. The molecular weight excluding hydrogens is 450 g/mol. The second kappa shape index (κ2) is 9.81. The van der Waals surface area contributed by atoms with E-state index < -0.39 is 0 Å². The first-order chi connectivity index (χ1) is 16.3. The van der Waals surface area contributed by atoms with Crippen LogP contribution in [-0.4, -0.2) is 25.9 Å². The Kier molecular flexibility index (Phi) is 6.27. The van der Waals surface area contributed by atoms with Gasteiger partial charge in [-0.3, -0.25) is 10.1 Å². The van der Waals surface area contributed by atoms with E-state index in [1.165, 1.54) is 16.9 Å². The first kappa shape index (κ1) is 21.1. The van der Waals surface area contributed by atoms with Crippen molar-refractivity contribution in [3.05, 3.63) is 108 Å². The topological polar surface area (TPSA) is 72.7 Å². The van der Waals surface area contributed by atoms with Gasteiger partial charge in [0, 0.05) is 11.3 Å². The van der Waals surface area contributed by atoms with Crippen LogP contribution in [0.1, 0.15) is 16.1 Å². The van der Waals surface area contributed by atoms with E-state index in [9.17, 15) is 4.79 Å². The molecule has 0 fully saturated rings. The third kappa shape index (κ3) is 5.02. The van der Waals surface area contributed by atoms with E-state index in [0.29, 0.717) is 10.8 Å². The van der Waals surface area contributed by atoms with Crippen molar-refractivity contribution in [2.75, 3.05) is 5.32 Å². The van der Waals surface area contributed by atoms with Gasteiger partial charge in [0.2, 0.25) is 5.13 Å². The summed E-state index contributed by atoms with van der Waals surface area (Å²) in [5, 5.41) is 16.4. The predicted octanol–water partition coefficient (Wildman–Crippen LogP) is 5.94. The maximum absolute atomic E-state index is 13.2. The van der Waals surface area contributed by atoms with Crippen LogP contribution in [0.3, 0.4) is 0 Å². The zero-order valence-electron chi connectivity index (χ0n) is 17.5. The molecule has 5 aromatic rings. The molecule has 162 valence electrons. The molecule has 2 aromatic heterocycles. The van der Waals surface area contributed by atoms with E-state index in [0.717, 1.165) is 27.0 Å². The van der Waals surface area contributed by atoms with Crippen molar-refractivity contribution in [2.24, 2.45) is 0 Å². The van der Waals surface area contributed by atoms with Crippen LogP contribution >= 0.6 is 23.1 Å². The van der Waals surface area contributed by atoms with Gasteiger partial charge in [0.25, 0.3) is 5.91 Å².